The molecule has 0 spiro atoms. The van der Waals surface area contributed by atoms with Gasteiger partial charge in [-0.3, -0.25) is 9.69 Å². The van der Waals surface area contributed by atoms with Crippen molar-refractivity contribution in [1.82, 2.24) is 15.1 Å². The summed E-state index contributed by atoms with van der Waals surface area (Å²) < 4.78 is 25.3. The first-order chi connectivity index (χ1) is 23.6. The van der Waals surface area contributed by atoms with Crippen LogP contribution in [0.25, 0.3) is 11.0 Å². The van der Waals surface area contributed by atoms with Crippen LogP contribution in [0.15, 0.2) is 46.6 Å². The largest absolute Gasteiger partial charge is 0.482 e. The standard InChI is InChI=1S/C39H53BN4O6/c1-36(2)14-16-44(24-36)37(3,4)20-26(21-41)34(45)43-15-10-11-28(22-43)48-35(46)42-33(17-25-23-47-30-13-9-8-12-29(25)30)40-49-32-19-27-18-31(38(27,5)6)39(32,7)50-40/h8-9,12-13,20,23,27-28,31-33H,10-11,14-19,22,24H2,1-7H3,(H,42,46)/b26-20+/t27-,28-,31-,32+,33-,39-/m0/s1. The lowest BCUT2D eigenvalue weighted by atomic mass is 9.43. The second-order valence-corrected chi connectivity index (χ2v) is 17.6. The van der Waals surface area contributed by atoms with Crippen LogP contribution in [-0.2, 0) is 25.3 Å². The van der Waals surface area contributed by atoms with E-state index in [1.54, 1.807) is 11.2 Å². The molecule has 1 aromatic heterocycles. The van der Waals surface area contributed by atoms with Gasteiger partial charge in [-0.15, -0.1) is 0 Å². The van der Waals surface area contributed by atoms with Crippen LogP contribution in [0.2, 0.25) is 0 Å². The number of furan rings is 1. The molecule has 2 amide bonds. The van der Waals surface area contributed by atoms with Gasteiger partial charge in [0, 0.05) is 24.0 Å². The Balaban J connectivity index is 1.03. The number of fused-ring (bicyclic) bond motifs is 1. The Kier molecular flexibility index (Phi) is 8.92. The first kappa shape index (κ1) is 35.1. The van der Waals surface area contributed by atoms with Crippen molar-refractivity contribution in [3.8, 4) is 6.07 Å². The van der Waals surface area contributed by atoms with Gasteiger partial charge in [0.05, 0.1) is 30.5 Å². The number of ether oxygens (including phenoxy) is 1. The van der Waals surface area contributed by atoms with Gasteiger partial charge in [0.15, 0.2) is 0 Å². The average molecular weight is 685 g/mol. The van der Waals surface area contributed by atoms with Crippen LogP contribution < -0.4 is 5.32 Å². The Morgan fingerprint density at radius 3 is 2.68 bits per heavy atom. The van der Waals surface area contributed by atoms with E-state index in [2.05, 4.69) is 64.8 Å². The van der Waals surface area contributed by atoms with E-state index in [1.165, 1.54) is 0 Å². The number of carbonyl (C=O) groups is 2. The lowest BCUT2D eigenvalue weighted by Gasteiger charge is -2.64. The third-order valence-electron chi connectivity index (χ3n) is 12.9. The molecule has 0 unspecified atom stereocenters. The van der Waals surface area contributed by atoms with E-state index in [0.717, 1.165) is 48.9 Å². The van der Waals surface area contributed by atoms with E-state index in [4.69, 9.17) is 18.5 Å². The number of benzene rings is 1. The Labute approximate surface area is 297 Å². The lowest BCUT2D eigenvalue weighted by molar-refractivity contribution is -0.199. The van der Waals surface area contributed by atoms with Crippen molar-refractivity contribution in [1.29, 1.82) is 5.26 Å². The van der Waals surface area contributed by atoms with Crippen molar-refractivity contribution in [2.75, 3.05) is 26.2 Å². The molecular formula is C39H53BN4O6. The van der Waals surface area contributed by atoms with Gasteiger partial charge in [-0.1, -0.05) is 45.9 Å². The molecule has 268 valence electrons. The number of hydrogen-bond donors (Lipinski definition) is 1. The van der Waals surface area contributed by atoms with Gasteiger partial charge in [-0.2, -0.15) is 5.26 Å². The van der Waals surface area contributed by atoms with E-state index >= 15 is 0 Å². The van der Waals surface area contributed by atoms with Crippen molar-refractivity contribution in [2.45, 2.75) is 116 Å². The zero-order valence-electron chi connectivity index (χ0n) is 30.8. The van der Waals surface area contributed by atoms with Crippen LogP contribution in [0, 0.1) is 34.0 Å². The van der Waals surface area contributed by atoms with E-state index < -0.39 is 36.4 Å². The summed E-state index contributed by atoms with van der Waals surface area (Å²) in [6, 6.07) is 10.0. The molecule has 1 N–H and O–H groups in total. The van der Waals surface area contributed by atoms with Crippen LogP contribution in [0.3, 0.4) is 0 Å². The topological polar surface area (TPSA) is 117 Å². The molecule has 3 saturated carbocycles. The Hall–Kier alpha value is -3.33. The van der Waals surface area contributed by atoms with Crippen molar-refractivity contribution < 1.29 is 28.1 Å². The molecule has 10 nitrogen and oxygen atoms in total. The molecule has 50 heavy (non-hydrogen) atoms. The van der Waals surface area contributed by atoms with Crippen LogP contribution in [-0.4, -0.2) is 84.4 Å². The summed E-state index contributed by atoms with van der Waals surface area (Å²) >= 11 is 0. The summed E-state index contributed by atoms with van der Waals surface area (Å²) in [5.74, 6) is 0.145. The summed E-state index contributed by atoms with van der Waals surface area (Å²) in [7, 11) is -0.654. The van der Waals surface area contributed by atoms with Crippen molar-refractivity contribution in [3.63, 3.8) is 0 Å². The van der Waals surface area contributed by atoms with Crippen molar-refractivity contribution in [2.24, 2.45) is 22.7 Å². The highest BCUT2D eigenvalue weighted by Crippen LogP contribution is 2.65. The number of hydrogen-bond acceptors (Lipinski definition) is 8. The minimum Gasteiger partial charge on any atom is -0.464 e. The van der Waals surface area contributed by atoms with Gasteiger partial charge in [0.25, 0.3) is 5.91 Å². The third kappa shape index (κ3) is 6.37. The minimum atomic E-state index is -0.654. The molecular weight excluding hydrogens is 631 g/mol. The summed E-state index contributed by atoms with van der Waals surface area (Å²) in [6.07, 6.45) is 7.32. The molecule has 3 aliphatic carbocycles. The van der Waals surface area contributed by atoms with Gasteiger partial charge in [0.2, 0.25) is 0 Å². The normalized spacial score (nSPS) is 31.1. The van der Waals surface area contributed by atoms with Crippen LogP contribution >= 0.6 is 0 Å². The Morgan fingerprint density at radius 1 is 1.18 bits per heavy atom. The quantitative estimate of drug-likeness (QED) is 0.196. The number of likely N-dealkylation sites (tertiary alicyclic amines) is 2. The highest BCUT2D eigenvalue weighted by atomic mass is 16.7. The molecule has 4 heterocycles. The summed E-state index contributed by atoms with van der Waals surface area (Å²) in [5.41, 5.74) is 1.39. The van der Waals surface area contributed by atoms with E-state index in [1.807, 2.05) is 30.3 Å². The van der Waals surface area contributed by atoms with Crippen LogP contribution in [0.4, 0.5) is 4.79 Å². The maximum atomic E-state index is 13.7. The maximum Gasteiger partial charge on any atom is 0.482 e. The minimum absolute atomic E-state index is 0.0343. The summed E-state index contributed by atoms with van der Waals surface area (Å²) in [6.45, 7) is 18.0. The predicted octanol–water partition coefficient (Wildman–Crippen LogP) is 6.29. The van der Waals surface area contributed by atoms with Crippen LogP contribution in [0.1, 0.15) is 86.1 Å². The van der Waals surface area contributed by atoms with Gasteiger partial charge < -0.3 is 28.7 Å². The number of amides is 2. The molecule has 6 atom stereocenters. The summed E-state index contributed by atoms with van der Waals surface area (Å²) in [5, 5.41) is 14.1. The number of nitriles is 1. The molecule has 3 saturated heterocycles. The predicted molar refractivity (Wildman–Crippen MR) is 191 cm³/mol. The molecule has 1 aromatic carbocycles. The second kappa shape index (κ2) is 12.7. The van der Waals surface area contributed by atoms with E-state index in [0.29, 0.717) is 37.6 Å². The van der Waals surface area contributed by atoms with Crippen molar-refractivity contribution >= 4 is 30.1 Å². The molecule has 6 fully saturated rings. The zero-order chi connectivity index (χ0) is 35.6. The average Bonchev–Trinajstić information content (AvgIpc) is 3.77. The molecule has 0 radical (unpaired) electrons. The number of rotatable bonds is 8. The third-order valence-corrected chi connectivity index (χ3v) is 12.9. The first-order valence-corrected chi connectivity index (χ1v) is 18.5. The van der Waals surface area contributed by atoms with E-state index in [-0.39, 0.29) is 35.0 Å². The monoisotopic (exact) mass is 684 g/mol. The Morgan fingerprint density at radius 2 is 1.96 bits per heavy atom. The molecule has 2 bridgehead atoms. The molecule has 6 aliphatic rings. The molecule has 11 heteroatoms. The van der Waals surface area contributed by atoms with Crippen molar-refractivity contribution in [3.05, 3.63) is 47.7 Å². The smallest absolute Gasteiger partial charge is 0.464 e. The first-order valence-electron chi connectivity index (χ1n) is 18.5. The second-order valence-electron chi connectivity index (χ2n) is 17.6. The fourth-order valence-corrected chi connectivity index (χ4v) is 9.63. The number of nitrogens with one attached hydrogen (secondary N) is 1. The number of para-hydroxylation sites is 1. The SMILES string of the molecule is CC1(C)CCN(C(C)(C)/C=C(\C#N)C(=O)N2CCC[C@H](OC(=O)N[C@@H](Cc3coc4ccccc34)B3O[C@@H]4C[C@@H]5C[C@@H](C5(C)C)[C@]4(C)O3)C2)C1. The van der Waals surface area contributed by atoms with Gasteiger partial charge in [-0.25, -0.2) is 4.79 Å². The van der Waals surface area contributed by atoms with E-state index in [9.17, 15) is 14.9 Å². The Bertz CT molecular complexity index is 1710. The maximum absolute atomic E-state index is 13.7. The highest BCUT2D eigenvalue weighted by molar-refractivity contribution is 6.48. The van der Waals surface area contributed by atoms with Gasteiger partial charge >= 0.3 is 13.2 Å². The fraction of sp³-hybridized carbons (Fsp3) is 0.667. The molecule has 8 rings (SSSR count). The van der Waals surface area contributed by atoms with Gasteiger partial charge in [-0.05, 0) is 106 Å². The summed E-state index contributed by atoms with van der Waals surface area (Å²) in [4.78, 5) is 31.3. The molecule has 3 aliphatic heterocycles. The number of nitrogens with zero attached hydrogens (tertiary/aromatic N) is 3. The lowest BCUT2D eigenvalue weighted by Crippen LogP contribution is -2.65. The zero-order valence-corrected chi connectivity index (χ0v) is 30.8. The van der Waals surface area contributed by atoms with Crippen LogP contribution in [0.5, 0.6) is 0 Å². The number of alkyl carbamates (subject to hydrolysis) is 1. The molecule has 2 aromatic rings. The number of carbonyl (C=O) groups excluding carboxylic acids is 2. The van der Waals surface area contributed by atoms with Gasteiger partial charge in [0.1, 0.15) is 23.3 Å². The number of piperidine rings is 1. The highest BCUT2D eigenvalue weighted by Gasteiger charge is 2.68. The fourth-order valence-electron chi connectivity index (χ4n) is 9.63.